The van der Waals surface area contributed by atoms with Crippen LogP contribution >= 0.6 is 27.5 Å². The number of amides is 1. The van der Waals surface area contributed by atoms with Gasteiger partial charge in [0.2, 0.25) is 0 Å². The summed E-state index contributed by atoms with van der Waals surface area (Å²) < 4.78 is 26.1. The summed E-state index contributed by atoms with van der Waals surface area (Å²) in [5.74, 6) is -1.05. The quantitative estimate of drug-likeness (QED) is 0.730. The predicted octanol–water partition coefficient (Wildman–Crippen LogP) is 3.04. The third kappa shape index (κ3) is 2.06. The molecule has 86 valence electrons. The molecule has 2 rings (SSSR count). The van der Waals surface area contributed by atoms with Crippen molar-refractivity contribution in [3.63, 3.8) is 0 Å². The van der Waals surface area contributed by atoms with Gasteiger partial charge in [-0.3, -0.25) is 4.79 Å². The zero-order valence-electron chi connectivity index (χ0n) is 8.01. The minimum Gasteiger partial charge on any atom is -0.333 e. The van der Waals surface area contributed by atoms with Gasteiger partial charge in [0, 0.05) is 10.0 Å². The lowest BCUT2D eigenvalue weighted by atomic mass is 10.1. The highest BCUT2D eigenvalue weighted by Gasteiger charge is 2.31. The van der Waals surface area contributed by atoms with Crippen LogP contribution in [0, 0.1) is 5.82 Å². The number of hydrogen-bond donors (Lipinski definition) is 0. The van der Waals surface area contributed by atoms with Crippen LogP contribution in [0.5, 0.6) is 0 Å². The zero-order valence-corrected chi connectivity index (χ0v) is 10.4. The molecule has 2 nitrogen and oxygen atoms in total. The summed E-state index contributed by atoms with van der Waals surface area (Å²) in [5, 5.41) is -0.0662. The molecule has 1 aromatic rings. The highest BCUT2D eigenvalue weighted by molar-refractivity contribution is 9.10. The second-order valence-corrected chi connectivity index (χ2v) is 4.79. The molecule has 6 heteroatoms. The van der Waals surface area contributed by atoms with Gasteiger partial charge in [0.25, 0.3) is 5.91 Å². The normalized spacial score (nSPS) is 16.1. The third-order valence-corrected chi connectivity index (χ3v) is 3.59. The van der Waals surface area contributed by atoms with Crippen molar-refractivity contribution in [1.82, 2.24) is 4.90 Å². The summed E-state index contributed by atoms with van der Waals surface area (Å²) in [5.41, 5.74) is 0.167. The summed E-state index contributed by atoms with van der Waals surface area (Å²) >= 11 is 8.65. The molecular weight excluding hydrogens is 303 g/mol. The van der Waals surface area contributed by atoms with Gasteiger partial charge in [-0.05, 0) is 28.1 Å². The molecule has 0 bridgehead atoms. The van der Waals surface area contributed by atoms with E-state index < -0.39 is 12.0 Å². The van der Waals surface area contributed by atoms with E-state index in [4.69, 9.17) is 11.6 Å². The summed E-state index contributed by atoms with van der Waals surface area (Å²) in [7, 11) is 0. The van der Waals surface area contributed by atoms with Crippen LogP contribution in [0.3, 0.4) is 0 Å². The zero-order chi connectivity index (χ0) is 11.9. The Labute approximate surface area is 104 Å². The monoisotopic (exact) mass is 309 g/mol. The van der Waals surface area contributed by atoms with Gasteiger partial charge in [0.05, 0.1) is 18.1 Å². The van der Waals surface area contributed by atoms with Crippen LogP contribution in [-0.2, 0) is 0 Å². The van der Waals surface area contributed by atoms with E-state index in [1.807, 2.05) is 0 Å². The summed E-state index contributed by atoms with van der Waals surface area (Å²) in [6, 6.07) is 2.49. The van der Waals surface area contributed by atoms with Gasteiger partial charge >= 0.3 is 0 Å². The molecular formula is C10H7BrClF2NO. The molecule has 0 aliphatic carbocycles. The maximum absolute atomic E-state index is 13.3. The molecule has 1 aliphatic heterocycles. The molecule has 0 spiro atoms. The molecule has 0 aromatic heterocycles. The Morgan fingerprint density at radius 2 is 2.12 bits per heavy atom. The molecule has 1 aliphatic rings. The van der Waals surface area contributed by atoms with Gasteiger partial charge < -0.3 is 4.90 Å². The lowest BCUT2D eigenvalue weighted by Crippen LogP contribution is -2.51. The Morgan fingerprint density at radius 1 is 1.50 bits per heavy atom. The maximum Gasteiger partial charge on any atom is 0.254 e. The number of halogens is 4. The topological polar surface area (TPSA) is 20.3 Å². The van der Waals surface area contributed by atoms with Crippen molar-refractivity contribution in [2.75, 3.05) is 13.1 Å². The smallest absolute Gasteiger partial charge is 0.254 e. The Kier molecular flexibility index (Phi) is 3.17. The van der Waals surface area contributed by atoms with Crippen LogP contribution in [-0.4, -0.2) is 30.1 Å². The first-order chi connectivity index (χ1) is 7.49. The number of nitrogens with zero attached hydrogens (tertiary/aromatic N) is 1. The van der Waals surface area contributed by atoms with Crippen molar-refractivity contribution >= 4 is 33.4 Å². The number of likely N-dealkylation sites (tertiary alicyclic amines) is 1. The minimum absolute atomic E-state index is 0.0662. The Hall–Kier alpha value is -0.680. The fraction of sp³-hybridized carbons (Fsp3) is 0.300. The number of hydrogen-bond acceptors (Lipinski definition) is 1. The summed E-state index contributed by atoms with van der Waals surface area (Å²) in [6.07, 6.45) is -0.968. The van der Waals surface area contributed by atoms with Gasteiger partial charge in [-0.25, -0.2) is 8.78 Å². The molecule has 0 unspecified atom stereocenters. The van der Waals surface area contributed by atoms with Gasteiger partial charge in [0.15, 0.2) is 0 Å². The van der Waals surface area contributed by atoms with E-state index in [2.05, 4.69) is 15.9 Å². The molecule has 0 radical (unpaired) electrons. The van der Waals surface area contributed by atoms with Crippen LogP contribution in [0.25, 0.3) is 0 Å². The van der Waals surface area contributed by atoms with Crippen molar-refractivity contribution in [3.05, 3.63) is 33.0 Å². The van der Waals surface area contributed by atoms with E-state index >= 15 is 0 Å². The first-order valence-corrected chi connectivity index (χ1v) is 5.74. The lowest BCUT2D eigenvalue weighted by molar-refractivity contribution is 0.0400. The van der Waals surface area contributed by atoms with E-state index in [1.165, 1.54) is 11.0 Å². The number of alkyl halides is 1. The molecule has 1 fully saturated rings. The second-order valence-electron chi connectivity index (χ2n) is 3.56. The first-order valence-electron chi connectivity index (χ1n) is 4.57. The van der Waals surface area contributed by atoms with E-state index in [-0.39, 0.29) is 29.6 Å². The van der Waals surface area contributed by atoms with Crippen molar-refractivity contribution < 1.29 is 13.6 Å². The summed E-state index contributed by atoms with van der Waals surface area (Å²) in [6.45, 7) is 0.140. The molecule has 1 amide bonds. The highest BCUT2D eigenvalue weighted by Crippen LogP contribution is 2.28. The van der Waals surface area contributed by atoms with Gasteiger partial charge in [0.1, 0.15) is 12.0 Å². The molecule has 1 aromatic carbocycles. The number of carbonyl (C=O) groups is 1. The molecule has 0 atom stereocenters. The fourth-order valence-electron chi connectivity index (χ4n) is 1.45. The van der Waals surface area contributed by atoms with E-state index in [0.717, 1.165) is 6.07 Å². The van der Waals surface area contributed by atoms with Crippen LogP contribution in [0.15, 0.2) is 16.6 Å². The first kappa shape index (κ1) is 11.8. The summed E-state index contributed by atoms with van der Waals surface area (Å²) in [4.78, 5) is 13.0. The number of carbonyl (C=O) groups excluding carboxylic acids is 1. The molecule has 1 saturated heterocycles. The predicted molar refractivity (Wildman–Crippen MR) is 59.9 cm³/mol. The van der Waals surface area contributed by atoms with Gasteiger partial charge in [-0.1, -0.05) is 11.6 Å². The van der Waals surface area contributed by atoms with Crippen LogP contribution in [0.2, 0.25) is 5.02 Å². The van der Waals surface area contributed by atoms with Crippen LogP contribution in [0.4, 0.5) is 8.78 Å². The molecule has 0 saturated carbocycles. The maximum atomic E-state index is 13.3. The molecule has 16 heavy (non-hydrogen) atoms. The highest BCUT2D eigenvalue weighted by atomic mass is 79.9. The molecule has 0 N–H and O–H groups in total. The Morgan fingerprint density at radius 3 is 2.62 bits per heavy atom. The number of rotatable bonds is 1. The van der Waals surface area contributed by atoms with Crippen molar-refractivity contribution in [2.45, 2.75) is 6.17 Å². The van der Waals surface area contributed by atoms with E-state index in [9.17, 15) is 13.6 Å². The van der Waals surface area contributed by atoms with Crippen molar-refractivity contribution in [2.24, 2.45) is 0 Å². The minimum atomic E-state index is -0.968. The third-order valence-electron chi connectivity index (χ3n) is 2.35. The Bertz CT molecular complexity index is 425. The van der Waals surface area contributed by atoms with Crippen LogP contribution in [0.1, 0.15) is 10.4 Å². The average molecular weight is 311 g/mol. The van der Waals surface area contributed by atoms with Crippen molar-refractivity contribution in [1.29, 1.82) is 0 Å². The van der Waals surface area contributed by atoms with Crippen molar-refractivity contribution in [3.8, 4) is 0 Å². The van der Waals surface area contributed by atoms with Crippen LogP contribution < -0.4 is 0 Å². The largest absolute Gasteiger partial charge is 0.333 e. The lowest BCUT2D eigenvalue weighted by Gasteiger charge is -2.34. The van der Waals surface area contributed by atoms with E-state index in [0.29, 0.717) is 4.47 Å². The fourth-order valence-corrected chi connectivity index (χ4v) is 2.00. The van der Waals surface area contributed by atoms with E-state index in [1.54, 1.807) is 0 Å². The average Bonchev–Trinajstić information content (AvgIpc) is 2.19. The van der Waals surface area contributed by atoms with Gasteiger partial charge in [-0.2, -0.15) is 0 Å². The molecule has 1 heterocycles. The number of benzene rings is 1. The Balaban J connectivity index is 2.24. The van der Waals surface area contributed by atoms with Gasteiger partial charge in [-0.15, -0.1) is 0 Å². The second kappa shape index (κ2) is 4.30. The SMILES string of the molecule is O=C(c1cc(F)c(Cl)c(Br)c1)N1CC(F)C1. The standard InChI is InChI=1S/C10H7BrClF2NO/c11-7-1-5(2-8(14)9(7)12)10(16)15-3-6(13)4-15/h1-2,6H,3-4H2.